The number of likely N-dealkylation sites (N-methyl/N-ethyl adjacent to an activating group) is 1. The summed E-state index contributed by atoms with van der Waals surface area (Å²) in [4.78, 5) is 13.2. The Hall–Kier alpha value is -1.48. The van der Waals surface area contributed by atoms with Crippen molar-refractivity contribution in [3.8, 4) is 0 Å². The van der Waals surface area contributed by atoms with Crippen molar-refractivity contribution in [1.82, 2.24) is 0 Å². The third kappa shape index (κ3) is 4.89. The maximum Gasteiger partial charge on any atom is 0.252 e. The quantitative estimate of drug-likeness (QED) is 0.713. The van der Waals surface area contributed by atoms with Crippen molar-refractivity contribution in [2.75, 3.05) is 38.9 Å². The number of nitrogens with two attached hydrogens (primary N) is 1. The van der Waals surface area contributed by atoms with E-state index in [-0.39, 0.29) is 17.4 Å². The molecular formula is C12H18N2O5S. The van der Waals surface area contributed by atoms with Crippen LogP contribution in [0.2, 0.25) is 0 Å². The summed E-state index contributed by atoms with van der Waals surface area (Å²) in [6.45, 7) is 0.678. The van der Waals surface area contributed by atoms with Crippen molar-refractivity contribution in [2.45, 2.75) is 4.90 Å². The highest BCUT2D eigenvalue weighted by atomic mass is 32.2. The number of nitrogens with zero attached hydrogens (tertiary/aromatic N) is 1. The van der Waals surface area contributed by atoms with E-state index in [9.17, 15) is 13.2 Å². The number of hydrogen-bond acceptors (Lipinski definition) is 5. The molecule has 8 heteroatoms. The molecule has 7 nitrogen and oxygen atoms in total. The summed E-state index contributed by atoms with van der Waals surface area (Å²) < 4.78 is 32.2. The van der Waals surface area contributed by atoms with E-state index in [1.807, 2.05) is 0 Å². The molecule has 0 saturated heterocycles. The minimum Gasteiger partial charge on any atom is -0.382 e. The largest absolute Gasteiger partial charge is 0.382 e. The second-order valence-electron chi connectivity index (χ2n) is 4.04. The molecule has 2 N–H and O–H groups in total. The van der Waals surface area contributed by atoms with Gasteiger partial charge in [-0.15, -0.1) is 0 Å². The summed E-state index contributed by atoms with van der Waals surface area (Å²) in [5, 5.41) is 5.00. The van der Waals surface area contributed by atoms with E-state index in [2.05, 4.69) is 0 Å². The summed E-state index contributed by atoms with van der Waals surface area (Å²) in [7, 11) is -0.605. The molecule has 0 aliphatic carbocycles. The lowest BCUT2D eigenvalue weighted by Gasteiger charge is -2.17. The Morgan fingerprint density at radius 2 is 1.85 bits per heavy atom. The highest BCUT2D eigenvalue weighted by Crippen LogP contribution is 2.16. The monoisotopic (exact) mass is 302 g/mol. The average Bonchev–Trinajstić information content (AvgIpc) is 2.41. The molecule has 1 aromatic carbocycles. The molecular weight excluding hydrogens is 284 g/mol. The van der Waals surface area contributed by atoms with E-state index in [1.165, 1.54) is 29.2 Å². The maximum absolute atomic E-state index is 11.8. The van der Waals surface area contributed by atoms with Gasteiger partial charge in [0.2, 0.25) is 10.0 Å². The number of ether oxygens (including phenoxy) is 2. The highest BCUT2D eigenvalue weighted by molar-refractivity contribution is 7.89. The first-order valence-electron chi connectivity index (χ1n) is 5.82. The second kappa shape index (κ2) is 7.34. The third-order valence-corrected chi connectivity index (χ3v) is 3.51. The molecule has 1 rings (SSSR count). The Bertz CT molecular complexity index is 541. The van der Waals surface area contributed by atoms with Gasteiger partial charge < -0.3 is 14.4 Å². The van der Waals surface area contributed by atoms with Crippen molar-refractivity contribution in [3.63, 3.8) is 0 Å². The first kappa shape index (κ1) is 16.6. The van der Waals surface area contributed by atoms with Crippen molar-refractivity contribution < 1.29 is 22.7 Å². The molecule has 0 unspecified atom stereocenters. The van der Waals surface area contributed by atoms with Crippen LogP contribution in [0.25, 0.3) is 0 Å². The maximum atomic E-state index is 11.8. The summed E-state index contributed by atoms with van der Waals surface area (Å²) in [5.74, 6) is -0.246. The molecule has 0 atom stereocenters. The molecule has 0 saturated carbocycles. The van der Waals surface area contributed by atoms with Crippen LogP contribution in [0.1, 0.15) is 0 Å². The number of sulfonamides is 1. The number of rotatable bonds is 7. The minimum absolute atomic E-state index is 0.00144. The van der Waals surface area contributed by atoms with Crippen molar-refractivity contribution in [2.24, 2.45) is 5.14 Å². The van der Waals surface area contributed by atoms with Gasteiger partial charge in [0, 0.05) is 19.8 Å². The van der Waals surface area contributed by atoms with Crippen LogP contribution in [-0.2, 0) is 24.3 Å². The van der Waals surface area contributed by atoms with Gasteiger partial charge in [-0.3, -0.25) is 4.79 Å². The molecule has 0 bridgehead atoms. The van der Waals surface area contributed by atoms with E-state index in [0.29, 0.717) is 18.9 Å². The van der Waals surface area contributed by atoms with Crippen LogP contribution in [0.15, 0.2) is 29.2 Å². The van der Waals surface area contributed by atoms with E-state index in [1.54, 1.807) is 14.2 Å². The number of carbonyl (C=O) groups is 1. The molecule has 0 spiro atoms. The molecule has 112 valence electrons. The first-order valence-corrected chi connectivity index (χ1v) is 7.37. The third-order valence-electron chi connectivity index (χ3n) is 2.58. The molecule has 0 radical (unpaired) electrons. The number of anilines is 1. The Morgan fingerprint density at radius 3 is 2.35 bits per heavy atom. The van der Waals surface area contributed by atoms with Gasteiger partial charge in [-0.2, -0.15) is 0 Å². The summed E-state index contributed by atoms with van der Waals surface area (Å²) in [6.07, 6.45) is 0. The number of primary sulfonamides is 1. The molecule has 0 aromatic heterocycles. The van der Waals surface area contributed by atoms with Gasteiger partial charge in [-0.25, -0.2) is 13.6 Å². The number of hydrogen-bond donors (Lipinski definition) is 1. The van der Waals surface area contributed by atoms with Crippen LogP contribution in [0.3, 0.4) is 0 Å². The van der Waals surface area contributed by atoms with Crippen LogP contribution >= 0.6 is 0 Å². The predicted octanol–water partition coefficient (Wildman–Crippen LogP) is -0.0402. The van der Waals surface area contributed by atoms with Gasteiger partial charge in [0.25, 0.3) is 5.91 Å². The van der Waals surface area contributed by atoms with E-state index < -0.39 is 10.0 Å². The second-order valence-corrected chi connectivity index (χ2v) is 5.60. The zero-order chi connectivity index (χ0) is 15.2. The Morgan fingerprint density at radius 1 is 1.25 bits per heavy atom. The van der Waals surface area contributed by atoms with Crippen LogP contribution < -0.4 is 10.0 Å². The summed E-state index contributed by atoms with van der Waals surface area (Å²) >= 11 is 0. The van der Waals surface area contributed by atoms with Crippen LogP contribution in [-0.4, -0.2) is 48.3 Å². The Kier molecular flexibility index (Phi) is 6.08. The number of carbonyl (C=O) groups excluding carboxylic acids is 1. The van der Waals surface area contributed by atoms with E-state index in [4.69, 9.17) is 14.6 Å². The molecule has 1 amide bonds. The van der Waals surface area contributed by atoms with Gasteiger partial charge in [-0.1, -0.05) is 0 Å². The van der Waals surface area contributed by atoms with Gasteiger partial charge in [0.05, 0.1) is 18.1 Å². The fraction of sp³-hybridized carbons (Fsp3) is 0.417. The SMILES string of the molecule is COCCOCC(=O)N(C)c1ccc(S(N)(=O)=O)cc1. The minimum atomic E-state index is -3.73. The number of benzene rings is 1. The van der Waals surface area contributed by atoms with Crippen LogP contribution in [0.5, 0.6) is 0 Å². The lowest BCUT2D eigenvalue weighted by Crippen LogP contribution is -2.30. The first-order chi connectivity index (χ1) is 9.36. The van der Waals surface area contributed by atoms with Crippen LogP contribution in [0, 0.1) is 0 Å². The van der Waals surface area contributed by atoms with Gasteiger partial charge in [-0.05, 0) is 24.3 Å². The molecule has 0 heterocycles. The molecule has 0 aliphatic rings. The Labute approximate surface area is 118 Å². The van der Waals surface area contributed by atoms with E-state index in [0.717, 1.165) is 0 Å². The van der Waals surface area contributed by atoms with Gasteiger partial charge in [0.15, 0.2) is 0 Å². The van der Waals surface area contributed by atoms with Crippen molar-refractivity contribution in [3.05, 3.63) is 24.3 Å². The zero-order valence-corrected chi connectivity index (χ0v) is 12.2. The lowest BCUT2D eigenvalue weighted by molar-refractivity contribution is -0.123. The summed E-state index contributed by atoms with van der Waals surface area (Å²) in [5.41, 5.74) is 0.553. The van der Waals surface area contributed by atoms with Gasteiger partial charge in [0.1, 0.15) is 6.61 Å². The van der Waals surface area contributed by atoms with Gasteiger partial charge >= 0.3 is 0 Å². The smallest absolute Gasteiger partial charge is 0.252 e. The lowest BCUT2D eigenvalue weighted by atomic mass is 10.3. The predicted molar refractivity (Wildman–Crippen MR) is 73.9 cm³/mol. The highest BCUT2D eigenvalue weighted by Gasteiger charge is 2.13. The van der Waals surface area contributed by atoms with Crippen molar-refractivity contribution >= 4 is 21.6 Å². The zero-order valence-electron chi connectivity index (χ0n) is 11.4. The average molecular weight is 302 g/mol. The fourth-order valence-corrected chi connectivity index (χ4v) is 1.92. The van der Waals surface area contributed by atoms with Crippen LogP contribution in [0.4, 0.5) is 5.69 Å². The molecule has 20 heavy (non-hydrogen) atoms. The Balaban J connectivity index is 2.63. The molecule has 0 aliphatic heterocycles. The fourth-order valence-electron chi connectivity index (χ4n) is 1.40. The number of amides is 1. The van der Waals surface area contributed by atoms with E-state index >= 15 is 0 Å². The van der Waals surface area contributed by atoms with Crippen molar-refractivity contribution in [1.29, 1.82) is 0 Å². The topological polar surface area (TPSA) is 98.9 Å². The number of methoxy groups -OCH3 is 1. The normalized spacial score (nSPS) is 11.3. The standard InChI is InChI=1S/C12H18N2O5S/c1-14(12(15)9-19-8-7-18-2)10-3-5-11(6-4-10)20(13,16)17/h3-6H,7-9H2,1-2H3,(H2,13,16,17). The molecule has 0 fully saturated rings. The summed E-state index contributed by atoms with van der Waals surface area (Å²) in [6, 6.07) is 5.71. The molecule has 1 aromatic rings.